The van der Waals surface area contributed by atoms with Crippen molar-refractivity contribution in [1.82, 2.24) is 24.8 Å². The number of imidazole rings is 1. The van der Waals surface area contributed by atoms with Crippen LogP contribution in [0.3, 0.4) is 0 Å². The van der Waals surface area contributed by atoms with Crippen molar-refractivity contribution >= 4 is 81.1 Å². The van der Waals surface area contributed by atoms with E-state index in [4.69, 9.17) is 16.6 Å². The highest BCUT2D eigenvalue weighted by molar-refractivity contribution is 6.67. The molecule has 0 aliphatic carbocycles. The summed E-state index contributed by atoms with van der Waals surface area (Å²) in [6.07, 6.45) is 24.1. The van der Waals surface area contributed by atoms with Gasteiger partial charge in [-0.05, 0) is 146 Å². The van der Waals surface area contributed by atoms with Gasteiger partial charge in [-0.1, -0.05) is 158 Å². The van der Waals surface area contributed by atoms with Crippen molar-refractivity contribution in [2.75, 3.05) is 16.5 Å². The zero-order valence-corrected chi connectivity index (χ0v) is 48.6. The van der Waals surface area contributed by atoms with E-state index in [1.54, 1.807) is 47.0 Å². The number of hydrogen-bond donors (Lipinski definition) is 2. The Kier molecular flexibility index (Phi) is 12.3. The summed E-state index contributed by atoms with van der Waals surface area (Å²) < 4.78 is 72.7. The quantitative estimate of drug-likeness (QED) is 0.148. The Morgan fingerprint density at radius 2 is 1.19 bits per heavy atom. The molecule has 7 aromatic carbocycles. The number of aromatic nitrogens is 3. The summed E-state index contributed by atoms with van der Waals surface area (Å²) in [7, 11) is 4.36. The van der Waals surface area contributed by atoms with Crippen LogP contribution in [0.4, 0.5) is 22.7 Å². The predicted molar refractivity (Wildman–Crippen MR) is 354 cm³/mol. The van der Waals surface area contributed by atoms with Gasteiger partial charge < -0.3 is 29.7 Å². The largest absolute Gasteiger partial charge is 0.457 e. The van der Waals surface area contributed by atoms with Crippen molar-refractivity contribution in [3.05, 3.63) is 253 Å². The lowest BCUT2D eigenvalue weighted by atomic mass is 9.62. The van der Waals surface area contributed by atoms with Crippen LogP contribution in [0.2, 0.25) is 0 Å². The Hall–Kier alpha value is -9.14. The number of allylic oxidation sites excluding steroid dienone is 8. The van der Waals surface area contributed by atoms with Crippen LogP contribution >= 0.6 is 0 Å². The minimum Gasteiger partial charge on any atom is -0.457 e. The van der Waals surface area contributed by atoms with Crippen LogP contribution in [0.15, 0.2) is 225 Å². The number of benzene rings is 7. The van der Waals surface area contributed by atoms with Gasteiger partial charge in [0.05, 0.1) is 44.6 Å². The first-order valence-corrected chi connectivity index (χ1v) is 28.3. The second-order valence-electron chi connectivity index (χ2n) is 24.3. The van der Waals surface area contributed by atoms with Crippen LogP contribution < -0.4 is 25.2 Å². The third-order valence-corrected chi connectivity index (χ3v) is 15.5. The van der Waals surface area contributed by atoms with Gasteiger partial charge in [0, 0.05) is 64.5 Å². The number of nitrogens with one attached hydrogen (secondary N) is 2. The molecule has 10 heteroatoms. The number of nitrogens with zero attached hydrogens (tertiary/aromatic N) is 5. The Bertz CT molecular complexity index is 4510. The topological polar surface area (TPSA) is 62.5 Å². The number of rotatable bonds is 8. The van der Waals surface area contributed by atoms with Crippen molar-refractivity contribution in [3.8, 4) is 28.6 Å². The van der Waals surface area contributed by atoms with Crippen LogP contribution in [0, 0.1) is 0 Å². The summed E-state index contributed by atoms with van der Waals surface area (Å²) >= 11 is 0. The number of para-hydroxylation sites is 5. The molecule has 5 heterocycles. The normalized spacial score (nSPS) is 19.7. The lowest BCUT2D eigenvalue weighted by Gasteiger charge is -2.32. The Morgan fingerprint density at radius 1 is 0.566 bits per heavy atom. The number of fused-ring (bicyclic) bond motifs is 5. The lowest BCUT2D eigenvalue weighted by Crippen LogP contribution is -2.27. The van der Waals surface area contributed by atoms with E-state index in [1.165, 1.54) is 16.7 Å². The van der Waals surface area contributed by atoms with E-state index >= 15 is 0 Å². The van der Waals surface area contributed by atoms with Gasteiger partial charge in [0.2, 0.25) is 5.95 Å². The number of hydrogen-bond acceptors (Lipinski definition) is 6. The SMILES string of the molecule is [2H]c1c([2H])c([2H])c2c(c1[2H])c1ccc(Oc3cc(-c4c(C(C)(C)C)cccc4C(C)(C)C)cc(N4CN(c5c(/C6=C/C=C\N/C=C\C=C/[B]6)cc(C(C)(C)C)cc5/C5=C/C=C\N/C=C\C=C/[B]5)c5ccccc54)c3)cc1n2-c1nc2ccccc2n1C([2H])([2H])[2H]. The molecule has 410 valence electrons. The van der Waals surface area contributed by atoms with Crippen molar-refractivity contribution in [2.45, 2.75) is 78.6 Å². The fourth-order valence-electron chi connectivity index (χ4n) is 11.4. The molecule has 12 rings (SSSR count). The standard InChI is InChI=1S/C73H71B2N7O/c1-71(2,3)50-44-56(60-27-22-40-76-38-19-17-36-74-60)69(57(45-50)61-28-23-41-77-39-20-18-37-75-61)81-48-80(65-32-15-16-33-66(65)81)51-42-49(68-58(72(4,5)6)25-21-26-59(68)73(7,8)9)43-53(46-51)83-52-34-35-55-54-24-11-13-30-63(54)82(67(55)47-52)70-78-62-29-12-14-31-64(62)79(70)10/h11-47,76-77H,48H2,1-10H3/b36-17-,37-18-,38-19-,39-20-,40-22-,41-23-,60-27-,61-28-/i10D3,11D,13D,24D,30D. The van der Waals surface area contributed by atoms with Crippen molar-refractivity contribution in [1.29, 1.82) is 0 Å². The van der Waals surface area contributed by atoms with E-state index in [-0.39, 0.29) is 45.2 Å². The summed E-state index contributed by atoms with van der Waals surface area (Å²) in [6.45, 7) is 17.9. The fraction of sp³-hybridized carbons (Fsp3) is 0.192. The van der Waals surface area contributed by atoms with E-state index in [0.717, 1.165) is 60.5 Å². The van der Waals surface area contributed by atoms with Gasteiger partial charge >= 0.3 is 0 Å². The number of ether oxygens (including phenoxy) is 1. The van der Waals surface area contributed by atoms with Gasteiger partial charge in [-0.2, -0.15) is 0 Å². The molecule has 2 aromatic heterocycles. The molecule has 2 radical (unpaired) electrons. The summed E-state index contributed by atoms with van der Waals surface area (Å²) in [5.41, 5.74) is 14.0. The first kappa shape index (κ1) is 46.5. The Morgan fingerprint density at radius 3 is 1.84 bits per heavy atom. The van der Waals surface area contributed by atoms with E-state index in [1.807, 2.05) is 61.3 Å². The zero-order valence-electron chi connectivity index (χ0n) is 55.6. The second kappa shape index (κ2) is 22.0. The van der Waals surface area contributed by atoms with Crippen LogP contribution in [-0.4, -0.2) is 35.3 Å². The molecule has 2 N–H and O–H groups in total. The van der Waals surface area contributed by atoms with E-state index in [2.05, 4.69) is 194 Å². The first-order valence-electron chi connectivity index (χ1n) is 31.8. The molecular weight excluding hydrogens is 1010 g/mol. The predicted octanol–water partition coefficient (Wildman–Crippen LogP) is 17.6. The fourth-order valence-corrected chi connectivity index (χ4v) is 11.4. The molecule has 8 nitrogen and oxygen atoms in total. The second-order valence-corrected chi connectivity index (χ2v) is 24.3. The van der Waals surface area contributed by atoms with Crippen LogP contribution in [-0.2, 0) is 23.2 Å². The maximum atomic E-state index is 9.36. The van der Waals surface area contributed by atoms with Crippen molar-refractivity contribution in [2.24, 2.45) is 6.98 Å². The summed E-state index contributed by atoms with van der Waals surface area (Å²) in [6, 6.07) is 37.2. The van der Waals surface area contributed by atoms with Gasteiger partial charge in [-0.25, -0.2) is 4.98 Å². The van der Waals surface area contributed by atoms with Gasteiger partial charge in [-0.15, -0.1) is 12.0 Å². The minimum absolute atomic E-state index is 0.0266. The van der Waals surface area contributed by atoms with Crippen molar-refractivity contribution < 1.29 is 14.3 Å². The maximum absolute atomic E-state index is 9.36. The monoisotopic (exact) mass is 1090 g/mol. The highest BCUT2D eigenvalue weighted by atomic mass is 16.5. The Labute approximate surface area is 501 Å². The molecule has 0 bridgehead atoms. The number of aryl methyl sites for hydroxylation is 1. The van der Waals surface area contributed by atoms with Crippen LogP contribution in [0.5, 0.6) is 11.5 Å². The molecule has 0 atom stereocenters. The molecule has 0 unspecified atom stereocenters. The molecule has 0 fully saturated rings. The first-order chi connectivity index (χ1) is 42.9. The molecule has 3 aliphatic rings. The van der Waals surface area contributed by atoms with Crippen molar-refractivity contribution in [3.63, 3.8) is 0 Å². The molecule has 0 saturated heterocycles. The van der Waals surface area contributed by atoms with Gasteiger partial charge in [0.15, 0.2) is 14.6 Å². The maximum Gasteiger partial charge on any atom is 0.215 e. The molecule has 0 spiro atoms. The minimum atomic E-state index is -2.73. The zero-order chi connectivity index (χ0) is 63.6. The van der Waals surface area contributed by atoms with Gasteiger partial charge in [0.25, 0.3) is 0 Å². The van der Waals surface area contributed by atoms with Crippen LogP contribution in [0.1, 0.15) is 99.7 Å². The van der Waals surface area contributed by atoms with E-state index in [9.17, 15) is 2.74 Å². The number of anilines is 4. The molecule has 0 saturated carbocycles. The lowest BCUT2D eigenvalue weighted by molar-refractivity contribution is 0.483. The smallest absolute Gasteiger partial charge is 0.215 e. The van der Waals surface area contributed by atoms with Crippen LogP contribution in [0.25, 0.3) is 60.9 Å². The third-order valence-electron chi connectivity index (χ3n) is 15.5. The summed E-state index contributed by atoms with van der Waals surface area (Å²) in [5.74, 6) is 5.04. The average molecular weight is 1090 g/mol. The van der Waals surface area contributed by atoms with E-state index < -0.39 is 19.1 Å². The average Bonchev–Trinajstić information content (AvgIpc) is 1.54. The van der Waals surface area contributed by atoms with Gasteiger partial charge in [-0.3, -0.25) is 4.57 Å². The third kappa shape index (κ3) is 10.7. The highest BCUT2D eigenvalue weighted by Gasteiger charge is 2.35. The van der Waals surface area contributed by atoms with Gasteiger partial charge in [0.1, 0.15) is 18.2 Å². The molecule has 3 aliphatic heterocycles. The molecule has 0 amide bonds. The Balaban J connectivity index is 1.10. The summed E-state index contributed by atoms with van der Waals surface area (Å²) in [5, 5.41) is 7.24. The summed E-state index contributed by atoms with van der Waals surface area (Å²) in [4.78, 5) is 9.70. The molecule has 9 aromatic rings. The van der Waals surface area contributed by atoms with E-state index in [0.29, 0.717) is 40.1 Å². The molecule has 83 heavy (non-hydrogen) atoms. The highest BCUT2D eigenvalue weighted by Crippen LogP contribution is 2.52. The molecular formula is C73H71B2N7O.